The predicted molar refractivity (Wildman–Crippen MR) is 197 cm³/mol. The largest absolute Gasteiger partial charge is 0.455 e. The molecule has 0 spiro atoms. The Morgan fingerprint density at radius 2 is 1.22 bits per heavy atom. The zero-order valence-corrected chi connectivity index (χ0v) is 26.1. The van der Waals surface area contributed by atoms with Crippen LogP contribution < -0.4 is 4.90 Å². The van der Waals surface area contributed by atoms with Crippen molar-refractivity contribution in [2.75, 3.05) is 4.90 Å². The summed E-state index contributed by atoms with van der Waals surface area (Å²) in [7, 11) is 0. The van der Waals surface area contributed by atoms with Crippen LogP contribution in [0.5, 0.6) is 0 Å². The fourth-order valence-corrected chi connectivity index (χ4v) is 8.84. The summed E-state index contributed by atoms with van der Waals surface area (Å²) < 4.78 is 10.4. The molecule has 5 heteroatoms. The second-order valence-corrected chi connectivity index (χ2v) is 13.7. The molecule has 7 aromatic carbocycles. The second-order valence-electron chi connectivity index (χ2n) is 11.6. The third kappa shape index (κ3) is 3.92. The number of fused-ring (bicyclic) bond motifs is 9. The number of thiazole rings is 1. The van der Waals surface area contributed by atoms with Gasteiger partial charge in [0.15, 0.2) is 0 Å². The highest BCUT2D eigenvalue weighted by molar-refractivity contribution is 7.25. The first kappa shape index (κ1) is 25.8. The minimum atomic E-state index is 0.869. The highest BCUT2D eigenvalue weighted by atomic mass is 32.1. The number of para-hydroxylation sites is 2. The van der Waals surface area contributed by atoms with E-state index >= 15 is 0 Å². The molecule has 0 aliphatic heterocycles. The van der Waals surface area contributed by atoms with Crippen LogP contribution in [0.3, 0.4) is 0 Å². The van der Waals surface area contributed by atoms with Gasteiger partial charge in [-0.2, -0.15) is 0 Å². The highest BCUT2D eigenvalue weighted by Crippen LogP contribution is 2.46. The summed E-state index contributed by atoms with van der Waals surface area (Å²) in [6, 6.07) is 51.9. The van der Waals surface area contributed by atoms with E-state index in [9.17, 15) is 0 Å². The van der Waals surface area contributed by atoms with Gasteiger partial charge in [0.05, 0.1) is 15.9 Å². The molecule has 0 amide bonds. The molecule has 0 radical (unpaired) electrons. The van der Waals surface area contributed by atoms with Crippen molar-refractivity contribution in [2.45, 2.75) is 0 Å². The number of anilines is 3. The lowest BCUT2D eigenvalue weighted by Crippen LogP contribution is -2.11. The lowest BCUT2D eigenvalue weighted by molar-refractivity contribution is 0.672. The van der Waals surface area contributed by atoms with Crippen molar-refractivity contribution in [2.24, 2.45) is 0 Å². The first-order valence-electron chi connectivity index (χ1n) is 15.3. The van der Waals surface area contributed by atoms with Gasteiger partial charge in [-0.05, 0) is 72.1 Å². The summed E-state index contributed by atoms with van der Waals surface area (Å²) in [4.78, 5) is 7.44. The van der Waals surface area contributed by atoms with E-state index in [0.29, 0.717) is 0 Å². The molecule has 0 fully saturated rings. The van der Waals surface area contributed by atoms with Crippen molar-refractivity contribution in [3.8, 4) is 10.6 Å². The Morgan fingerprint density at radius 3 is 2.15 bits per heavy atom. The summed E-state index contributed by atoms with van der Waals surface area (Å²) in [5, 5.41) is 8.10. The molecule has 0 saturated heterocycles. The number of aromatic nitrogens is 1. The van der Waals surface area contributed by atoms with Gasteiger partial charge in [-0.15, -0.1) is 22.7 Å². The molecule has 0 N–H and O–H groups in total. The van der Waals surface area contributed by atoms with Crippen LogP contribution in [0.15, 0.2) is 150 Å². The van der Waals surface area contributed by atoms with Crippen LogP contribution in [0.2, 0.25) is 0 Å². The van der Waals surface area contributed by atoms with Crippen LogP contribution in [-0.4, -0.2) is 4.98 Å². The Balaban J connectivity index is 1.23. The SMILES string of the molecule is c1ccc(N(c2ccc3c(c2)oc2c4ccccc4ccc32)c2ccc3sc4ccccc4c3c2)c(-c2nc3ccccc3s2)c1. The third-order valence-corrected chi connectivity index (χ3v) is 11.1. The Morgan fingerprint density at radius 1 is 0.500 bits per heavy atom. The topological polar surface area (TPSA) is 29.3 Å². The normalized spacial score (nSPS) is 11.9. The van der Waals surface area contributed by atoms with E-state index in [-0.39, 0.29) is 0 Å². The Labute approximate surface area is 272 Å². The summed E-state index contributed by atoms with van der Waals surface area (Å²) in [5.74, 6) is 0. The Hall–Kier alpha value is -5.49. The average Bonchev–Trinajstić information content (AvgIpc) is 3.82. The number of thiophene rings is 1. The van der Waals surface area contributed by atoms with Crippen molar-refractivity contribution in [1.29, 1.82) is 0 Å². The van der Waals surface area contributed by atoms with Gasteiger partial charge in [-0.25, -0.2) is 4.98 Å². The molecule has 0 unspecified atom stereocenters. The number of furan rings is 1. The van der Waals surface area contributed by atoms with E-state index in [1.165, 1.54) is 30.3 Å². The van der Waals surface area contributed by atoms with E-state index in [0.717, 1.165) is 60.5 Å². The summed E-state index contributed by atoms with van der Waals surface area (Å²) in [6.45, 7) is 0. The third-order valence-electron chi connectivity index (χ3n) is 8.89. The number of nitrogens with zero attached hydrogens (tertiary/aromatic N) is 2. The van der Waals surface area contributed by atoms with Crippen LogP contribution in [-0.2, 0) is 0 Å². The zero-order chi connectivity index (χ0) is 30.2. The van der Waals surface area contributed by atoms with E-state index in [1.54, 1.807) is 11.3 Å². The molecule has 3 nitrogen and oxygen atoms in total. The Bertz CT molecular complexity index is 2750. The van der Waals surface area contributed by atoms with Crippen LogP contribution in [0.4, 0.5) is 17.1 Å². The number of rotatable bonds is 4. The van der Waals surface area contributed by atoms with Crippen molar-refractivity contribution in [3.05, 3.63) is 146 Å². The van der Waals surface area contributed by atoms with Gasteiger partial charge in [0.2, 0.25) is 0 Å². The Kier molecular flexibility index (Phi) is 5.61. The molecule has 0 saturated carbocycles. The first-order valence-corrected chi connectivity index (χ1v) is 16.9. The molecule has 0 aliphatic rings. The summed E-state index contributed by atoms with van der Waals surface area (Å²) >= 11 is 3.57. The van der Waals surface area contributed by atoms with Crippen LogP contribution in [0, 0.1) is 0 Å². The minimum absolute atomic E-state index is 0.869. The average molecular weight is 625 g/mol. The van der Waals surface area contributed by atoms with Gasteiger partial charge in [0.25, 0.3) is 0 Å². The van der Waals surface area contributed by atoms with Gasteiger partial charge >= 0.3 is 0 Å². The quantitative estimate of drug-likeness (QED) is 0.195. The lowest BCUT2D eigenvalue weighted by Gasteiger charge is -2.27. The van der Waals surface area contributed by atoms with Gasteiger partial charge in [-0.3, -0.25) is 0 Å². The van der Waals surface area contributed by atoms with Crippen molar-refractivity contribution in [3.63, 3.8) is 0 Å². The number of hydrogen-bond acceptors (Lipinski definition) is 5. The maximum absolute atomic E-state index is 6.66. The van der Waals surface area contributed by atoms with Crippen molar-refractivity contribution < 1.29 is 4.42 Å². The summed E-state index contributed by atoms with van der Waals surface area (Å²) in [6.07, 6.45) is 0. The van der Waals surface area contributed by atoms with Gasteiger partial charge in [0, 0.05) is 59.3 Å². The molecule has 46 heavy (non-hydrogen) atoms. The number of benzene rings is 7. The van der Waals surface area contributed by atoms with Gasteiger partial charge in [-0.1, -0.05) is 72.8 Å². The van der Waals surface area contributed by atoms with E-state index in [2.05, 4.69) is 150 Å². The highest BCUT2D eigenvalue weighted by Gasteiger charge is 2.21. The maximum atomic E-state index is 6.66. The summed E-state index contributed by atoms with van der Waals surface area (Å²) in [5.41, 5.74) is 7.10. The minimum Gasteiger partial charge on any atom is -0.455 e. The monoisotopic (exact) mass is 624 g/mol. The molecule has 0 bridgehead atoms. The van der Waals surface area contributed by atoms with Gasteiger partial charge < -0.3 is 9.32 Å². The molecular formula is C41H24N2OS2. The fourth-order valence-electron chi connectivity index (χ4n) is 6.75. The maximum Gasteiger partial charge on any atom is 0.143 e. The van der Waals surface area contributed by atoms with Crippen LogP contribution in [0.25, 0.3) is 73.7 Å². The van der Waals surface area contributed by atoms with E-state index < -0.39 is 0 Å². The predicted octanol–water partition coefficient (Wildman–Crippen LogP) is 12.9. The number of hydrogen-bond donors (Lipinski definition) is 0. The molecular weight excluding hydrogens is 601 g/mol. The molecule has 0 atom stereocenters. The van der Waals surface area contributed by atoms with Crippen molar-refractivity contribution >= 4 is 103 Å². The van der Waals surface area contributed by atoms with E-state index in [4.69, 9.17) is 9.40 Å². The fraction of sp³-hybridized carbons (Fsp3) is 0. The van der Waals surface area contributed by atoms with E-state index in [1.807, 2.05) is 11.3 Å². The molecule has 3 aromatic heterocycles. The van der Waals surface area contributed by atoms with Gasteiger partial charge in [0.1, 0.15) is 16.2 Å². The molecule has 3 heterocycles. The lowest BCUT2D eigenvalue weighted by atomic mass is 10.0. The molecule has 0 aliphatic carbocycles. The second kappa shape index (κ2) is 10.0. The van der Waals surface area contributed by atoms with Crippen LogP contribution >= 0.6 is 22.7 Å². The van der Waals surface area contributed by atoms with Crippen molar-refractivity contribution in [1.82, 2.24) is 4.98 Å². The standard InChI is InChI=1S/C41H24N2OS2/c1-2-10-28-25(9-1)17-20-31-29-21-18-27(24-36(29)44-40(28)31)43(26-19-22-38-33(23-26)30-11-4-7-15-37(30)45-38)35-14-6-3-12-32(35)41-42-34-13-5-8-16-39(34)46-41/h1-24H. The molecule has 216 valence electrons. The molecule has 10 rings (SSSR count). The first-order chi connectivity index (χ1) is 22.8. The zero-order valence-electron chi connectivity index (χ0n) is 24.5. The molecule has 10 aromatic rings. The van der Waals surface area contributed by atoms with Crippen LogP contribution in [0.1, 0.15) is 0 Å². The smallest absolute Gasteiger partial charge is 0.143 e.